The van der Waals surface area contributed by atoms with E-state index >= 15 is 0 Å². The van der Waals surface area contributed by atoms with Crippen molar-refractivity contribution in [2.24, 2.45) is 0 Å². The van der Waals surface area contributed by atoms with Gasteiger partial charge in [0.15, 0.2) is 0 Å². The lowest BCUT2D eigenvalue weighted by Crippen LogP contribution is -2.27. The van der Waals surface area contributed by atoms with E-state index in [1.165, 1.54) is 50.4 Å². The first kappa shape index (κ1) is 25.1. The van der Waals surface area contributed by atoms with Gasteiger partial charge in [-0.2, -0.15) is 0 Å². The number of hydrogen-bond donors (Lipinski definition) is 4. The first-order valence-corrected chi connectivity index (χ1v) is 11.5. The molecule has 0 spiro atoms. The van der Waals surface area contributed by atoms with Gasteiger partial charge in [-0.25, -0.2) is 8.42 Å². The highest BCUT2D eigenvalue weighted by Crippen LogP contribution is 2.25. The van der Waals surface area contributed by atoms with Gasteiger partial charge in [-0.3, -0.25) is 19.1 Å². The highest BCUT2D eigenvalue weighted by atomic mass is 35.5. The van der Waals surface area contributed by atoms with Crippen LogP contribution in [0.3, 0.4) is 0 Å². The van der Waals surface area contributed by atoms with Crippen molar-refractivity contribution in [1.82, 2.24) is 5.32 Å². The molecule has 0 radical (unpaired) electrons. The molecule has 0 bridgehead atoms. The molecule has 0 atom stereocenters. The third kappa shape index (κ3) is 7.52. The number of rotatable bonds is 9. The Morgan fingerprint density at radius 1 is 0.969 bits per heavy atom. The Balaban J connectivity index is 2.27. The second-order valence-electron chi connectivity index (χ2n) is 6.71. The first-order valence-electron chi connectivity index (χ1n) is 9.27. The van der Waals surface area contributed by atoms with Crippen molar-refractivity contribution in [3.8, 4) is 0 Å². The van der Waals surface area contributed by atoms with E-state index in [1.807, 2.05) is 0 Å². The molecule has 0 aliphatic rings. The molecule has 2 aromatic carbocycles. The minimum absolute atomic E-state index is 0.0272. The topological polar surface area (TPSA) is 143 Å². The van der Waals surface area contributed by atoms with Crippen molar-refractivity contribution in [1.29, 1.82) is 0 Å². The molecule has 2 rings (SSSR count). The highest BCUT2D eigenvalue weighted by molar-refractivity contribution is 7.92. The van der Waals surface area contributed by atoms with Crippen LogP contribution in [0.5, 0.6) is 0 Å². The van der Waals surface area contributed by atoms with Crippen LogP contribution in [0.15, 0.2) is 36.4 Å². The summed E-state index contributed by atoms with van der Waals surface area (Å²) in [5.74, 6) is -1.41. The molecule has 0 saturated heterocycles. The van der Waals surface area contributed by atoms with Gasteiger partial charge in [0, 0.05) is 32.0 Å². The maximum atomic E-state index is 12.9. The molecule has 12 heteroatoms. The normalized spacial score (nSPS) is 10.9. The van der Waals surface area contributed by atoms with Crippen molar-refractivity contribution >= 4 is 56.4 Å². The van der Waals surface area contributed by atoms with Crippen LogP contribution in [0.1, 0.15) is 27.6 Å². The number of carbonyl (C=O) groups excluding carboxylic acids is 3. The fourth-order valence-electron chi connectivity index (χ4n) is 2.64. The maximum absolute atomic E-state index is 12.9. The number of halogens is 1. The van der Waals surface area contributed by atoms with Gasteiger partial charge in [-0.15, -0.1) is 0 Å². The van der Waals surface area contributed by atoms with Crippen molar-refractivity contribution in [2.45, 2.75) is 6.92 Å². The summed E-state index contributed by atoms with van der Waals surface area (Å²) in [6.07, 6.45) is 0.951. The predicted octanol–water partition coefficient (Wildman–Crippen LogP) is 2.30. The quantitative estimate of drug-likeness (QED) is 0.404. The Labute approximate surface area is 190 Å². The summed E-state index contributed by atoms with van der Waals surface area (Å²) in [5.41, 5.74) is 0.804. The van der Waals surface area contributed by atoms with Crippen LogP contribution in [0.4, 0.5) is 17.1 Å². The third-order valence-electron chi connectivity index (χ3n) is 3.94. The number of carbonyl (C=O) groups is 3. The predicted molar refractivity (Wildman–Crippen MR) is 123 cm³/mol. The fraction of sp³-hybridized carbons (Fsp3) is 0.250. The van der Waals surface area contributed by atoms with Crippen molar-refractivity contribution in [2.75, 3.05) is 41.9 Å². The van der Waals surface area contributed by atoms with E-state index < -0.39 is 21.8 Å². The van der Waals surface area contributed by atoms with E-state index in [-0.39, 0.29) is 33.4 Å². The van der Waals surface area contributed by atoms with Gasteiger partial charge in [-0.1, -0.05) is 11.6 Å². The van der Waals surface area contributed by atoms with Crippen LogP contribution in [-0.2, 0) is 19.6 Å². The lowest BCUT2D eigenvalue weighted by atomic mass is 10.1. The van der Waals surface area contributed by atoms with Gasteiger partial charge in [0.2, 0.25) is 15.9 Å². The molecule has 0 aromatic heterocycles. The summed E-state index contributed by atoms with van der Waals surface area (Å²) < 4.78 is 30.5. The summed E-state index contributed by atoms with van der Waals surface area (Å²) >= 11 is 6.18. The molecule has 0 unspecified atom stereocenters. The maximum Gasteiger partial charge on any atom is 0.257 e. The Hall–Kier alpha value is -3.15. The Morgan fingerprint density at radius 3 is 2.22 bits per heavy atom. The molecule has 0 aliphatic heterocycles. The van der Waals surface area contributed by atoms with Gasteiger partial charge in [0.1, 0.15) is 0 Å². The van der Waals surface area contributed by atoms with Crippen LogP contribution in [0.2, 0.25) is 5.02 Å². The first-order chi connectivity index (χ1) is 15.0. The number of ether oxygens (including phenoxy) is 1. The molecule has 4 N–H and O–H groups in total. The molecule has 0 fully saturated rings. The van der Waals surface area contributed by atoms with Crippen LogP contribution < -0.4 is 20.7 Å². The van der Waals surface area contributed by atoms with E-state index in [1.54, 1.807) is 0 Å². The Morgan fingerprint density at radius 2 is 1.62 bits per heavy atom. The second-order valence-corrected chi connectivity index (χ2v) is 8.87. The molecule has 0 saturated carbocycles. The molecule has 10 nitrogen and oxygen atoms in total. The zero-order chi connectivity index (χ0) is 23.9. The largest absolute Gasteiger partial charge is 0.383 e. The van der Waals surface area contributed by atoms with Crippen molar-refractivity contribution in [3.05, 3.63) is 52.5 Å². The standard InChI is InChI=1S/C20H23ClN4O6S/c1-12(26)23-13-5-7-18(25-32(3,29)30)16(10-13)20(28)24-14-4-6-15(17(21)11-14)19(27)22-8-9-31-2/h4-7,10-11,25H,8-9H2,1-3H3,(H,22,27)(H,23,26)(H,24,28). The zero-order valence-electron chi connectivity index (χ0n) is 17.6. The van der Waals surface area contributed by atoms with E-state index in [2.05, 4.69) is 20.7 Å². The number of hydrogen-bond acceptors (Lipinski definition) is 6. The average Bonchev–Trinajstić information content (AvgIpc) is 2.67. The van der Waals surface area contributed by atoms with Gasteiger partial charge in [0.25, 0.3) is 11.8 Å². The van der Waals surface area contributed by atoms with Crippen LogP contribution >= 0.6 is 11.6 Å². The molecule has 0 aliphatic carbocycles. The molecule has 172 valence electrons. The van der Waals surface area contributed by atoms with Crippen LogP contribution in [0, 0.1) is 0 Å². The molecule has 2 aromatic rings. The van der Waals surface area contributed by atoms with Crippen molar-refractivity contribution in [3.63, 3.8) is 0 Å². The minimum Gasteiger partial charge on any atom is -0.383 e. The van der Waals surface area contributed by atoms with E-state index in [0.29, 0.717) is 18.8 Å². The lowest BCUT2D eigenvalue weighted by Gasteiger charge is -2.14. The van der Waals surface area contributed by atoms with E-state index in [0.717, 1.165) is 6.26 Å². The molecule has 3 amide bonds. The number of benzene rings is 2. The summed E-state index contributed by atoms with van der Waals surface area (Å²) in [5, 5.41) is 7.89. The number of methoxy groups -OCH3 is 1. The smallest absolute Gasteiger partial charge is 0.257 e. The van der Waals surface area contributed by atoms with Gasteiger partial charge in [0.05, 0.1) is 34.7 Å². The SMILES string of the molecule is COCCNC(=O)c1ccc(NC(=O)c2cc(NC(C)=O)ccc2NS(C)(=O)=O)cc1Cl. The zero-order valence-corrected chi connectivity index (χ0v) is 19.2. The summed E-state index contributed by atoms with van der Waals surface area (Å²) in [7, 11) is -2.15. The second kappa shape index (κ2) is 10.9. The third-order valence-corrected chi connectivity index (χ3v) is 4.85. The Kier molecular flexibility index (Phi) is 8.58. The lowest BCUT2D eigenvalue weighted by molar-refractivity contribution is -0.114. The summed E-state index contributed by atoms with van der Waals surface area (Å²) in [6, 6.07) is 8.48. The highest BCUT2D eigenvalue weighted by Gasteiger charge is 2.17. The van der Waals surface area contributed by atoms with Gasteiger partial charge < -0.3 is 20.7 Å². The van der Waals surface area contributed by atoms with Crippen LogP contribution in [0.25, 0.3) is 0 Å². The van der Waals surface area contributed by atoms with Crippen molar-refractivity contribution < 1.29 is 27.5 Å². The monoisotopic (exact) mass is 482 g/mol. The van der Waals surface area contributed by atoms with E-state index in [4.69, 9.17) is 16.3 Å². The summed E-state index contributed by atoms with van der Waals surface area (Å²) in [6.45, 7) is 1.96. The summed E-state index contributed by atoms with van der Waals surface area (Å²) in [4.78, 5) is 36.4. The number of amides is 3. The minimum atomic E-state index is -3.67. The average molecular weight is 483 g/mol. The molecular weight excluding hydrogens is 460 g/mol. The van der Waals surface area contributed by atoms with Gasteiger partial charge in [-0.05, 0) is 36.4 Å². The molecular formula is C20H23ClN4O6S. The Bertz CT molecular complexity index is 1140. The number of nitrogens with one attached hydrogen (secondary N) is 4. The van der Waals surface area contributed by atoms with Gasteiger partial charge >= 0.3 is 0 Å². The van der Waals surface area contributed by atoms with Crippen LogP contribution in [-0.4, -0.2) is 52.7 Å². The fourth-order valence-corrected chi connectivity index (χ4v) is 3.48. The molecule has 32 heavy (non-hydrogen) atoms. The number of anilines is 3. The molecule has 0 heterocycles. The van der Waals surface area contributed by atoms with E-state index in [9.17, 15) is 22.8 Å². The number of sulfonamides is 1.